The number of aryl methyl sites for hydroxylation is 1. The molecular weight excluding hydrogens is 326 g/mol. The van der Waals surface area contributed by atoms with Crippen LogP contribution in [0.3, 0.4) is 0 Å². The second-order valence-corrected chi connectivity index (χ2v) is 4.98. The van der Waals surface area contributed by atoms with Crippen molar-refractivity contribution in [1.82, 2.24) is 15.0 Å². The summed E-state index contributed by atoms with van der Waals surface area (Å²) >= 11 is 11.2. The number of aromatic nitrogens is 3. The molecule has 0 N–H and O–H groups in total. The molecular formula is C13H10Cl2F3N3. The molecule has 2 aromatic heterocycles. The topological polar surface area (TPSA) is 38.7 Å². The van der Waals surface area contributed by atoms with Gasteiger partial charge in [0.1, 0.15) is 21.6 Å². The Hall–Kier alpha value is -1.40. The van der Waals surface area contributed by atoms with E-state index in [1.807, 2.05) is 13.0 Å². The van der Waals surface area contributed by atoms with Crippen molar-refractivity contribution in [3.8, 4) is 11.5 Å². The predicted octanol–water partition coefficient (Wildman–Crippen LogP) is 4.82. The van der Waals surface area contributed by atoms with Crippen LogP contribution in [0, 0.1) is 0 Å². The van der Waals surface area contributed by atoms with Crippen LogP contribution in [-0.2, 0) is 12.6 Å². The Labute approximate surface area is 129 Å². The lowest BCUT2D eigenvalue weighted by molar-refractivity contribution is -0.137. The lowest BCUT2D eigenvalue weighted by atomic mass is 10.2. The minimum atomic E-state index is -4.70. The van der Waals surface area contributed by atoms with Crippen molar-refractivity contribution in [3.05, 3.63) is 39.8 Å². The van der Waals surface area contributed by atoms with Gasteiger partial charge in [-0.05, 0) is 18.6 Å². The summed E-state index contributed by atoms with van der Waals surface area (Å²) in [5.74, 6) is -0.0315. The normalized spacial score (nSPS) is 11.7. The summed E-state index contributed by atoms with van der Waals surface area (Å²) in [4.78, 5) is 11.6. The summed E-state index contributed by atoms with van der Waals surface area (Å²) in [5, 5.41) is -1.47. The van der Waals surface area contributed by atoms with E-state index >= 15 is 0 Å². The average Bonchev–Trinajstić information content (AvgIpc) is 2.37. The van der Waals surface area contributed by atoms with Gasteiger partial charge in [0, 0.05) is 5.69 Å². The Balaban J connectivity index is 2.49. The van der Waals surface area contributed by atoms with E-state index in [9.17, 15) is 13.2 Å². The number of hydrogen-bond acceptors (Lipinski definition) is 3. The SMILES string of the molecule is CCCc1cccc(-c2nc(Cl)c(C(F)(F)F)c(Cl)n2)n1. The van der Waals surface area contributed by atoms with Crippen LogP contribution in [-0.4, -0.2) is 15.0 Å². The number of nitrogens with zero attached hydrogens (tertiary/aromatic N) is 3. The van der Waals surface area contributed by atoms with Gasteiger partial charge < -0.3 is 0 Å². The molecule has 0 radical (unpaired) electrons. The van der Waals surface area contributed by atoms with Crippen LogP contribution >= 0.6 is 23.2 Å². The molecule has 0 bridgehead atoms. The highest BCUT2D eigenvalue weighted by atomic mass is 35.5. The second kappa shape index (κ2) is 6.15. The van der Waals surface area contributed by atoms with E-state index in [0.717, 1.165) is 18.5 Å². The molecule has 0 aliphatic rings. The van der Waals surface area contributed by atoms with Crippen LogP contribution in [0.5, 0.6) is 0 Å². The van der Waals surface area contributed by atoms with Gasteiger partial charge in [0.05, 0.1) is 0 Å². The summed E-state index contributed by atoms with van der Waals surface area (Å²) in [6.45, 7) is 2.00. The Morgan fingerprint density at radius 1 is 1.05 bits per heavy atom. The monoisotopic (exact) mass is 335 g/mol. The number of alkyl halides is 3. The molecule has 0 saturated heterocycles. The standard InChI is InChI=1S/C13H10Cl2F3N3/c1-2-4-7-5-3-6-8(19-7)12-20-10(14)9(11(15)21-12)13(16,17)18/h3,5-6H,2,4H2,1H3. The highest BCUT2D eigenvalue weighted by Gasteiger charge is 2.38. The van der Waals surface area contributed by atoms with Gasteiger partial charge >= 0.3 is 6.18 Å². The second-order valence-electron chi connectivity index (χ2n) is 4.27. The van der Waals surface area contributed by atoms with E-state index in [0.29, 0.717) is 5.69 Å². The largest absolute Gasteiger partial charge is 0.422 e. The van der Waals surface area contributed by atoms with Crippen LogP contribution in [0.25, 0.3) is 11.5 Å². The van der Waals surface area contributed by atoms with E-state index in [1.165, 1.54) is 0 Å². The van der Waals surface area contributed by atoms with Gasteiger partial charge in [0.25, 0.3) is 0 Å². The fourth-order valence-electron chi connectivity index (χ4n) is 1.76. The van der Waals surface area contributed by atoms with Gasteiger partial charge in [-0.1, -0.05) is 42.6 Å². The number of hydrogen-bond donors (Lipinski definition) is 0. The Bertz CT molecular complexity index is 636. The lowest BCUT2D eigenvalue weighted by Gasteiger charge is -2.11. The maximum Gasteiger partial charge on any atom is 0.422 e. The zero-order valence-corrected chi connectivity index (χ0v) is 12.4. The quantitative estimate of drug-likeness (QED) is 0.755. The van der Waals surface area contributed by atoms with Gasteiger partial charge in [-0.2, -0.15) is 13.2 Å². The van der Waals surface area contributed by atoms with Gasteiger partial charge in [-0.25, -0.2) is 15.0 Å². The highest BCUT2D eigenvalue weighted by molar-refractivity contribution is 6.34. The fraction of sp³-hybridized carbons (Fsp3) is 0.308. The molecule has 8 heteroatoms. The minimum absolute atomic E-state index is 0.0315. The fourth-order valence-corrected chi connectivity index (χ4v) is 2.36. The third-order valence-electron chi connectivity index (χ3n) is 2.65. The molecule has 21 heavy (non-hydrogen) atoms. The third-order valence-corrected chi connectivity index (χ3v) is 3.19. The van der Waals surface area contributed by atoms with Crippen molar-refractivity contribution in [2.45, 2.75) is 25.9 Å². The maximum atomic E-state index is 12.7. The molecule has 112 valence electrons. The van der Waals surface area contributed by atoms with E-state index in [4.69, 9.17) is 23.2 Å². The van der Waals surface area contributed by atoms with Crippen molar-refractivity contribution in [2.24, 2.45) is 0 Å². The molecule has 0 saturated carbocycles. The molecule has 0 aromatic carbocycles. The van der Waals surface area contributed by atoms with Gasteiger partial charge in [0.2, 0.25) is 0 Å². The number of rotatable bonds is 3. The van der Waals surface area contributed by atoms with Gasteiger partial charge in [-0.15, -0.1) is 0 Å². The van der Waals surface area contributed by atoms with Crippen molar-refractivity contribution in [1.29, 1.82) is 0 Å². The molecule has 0 atom stereocenters. The van der Waals surface area contributed by atoms with E-state index in [2.05, 4.69) is 15.0 Å². The zero-order chi connectivity index (χ0) is 15.6. The first-order valence-electron chi connectivity index (χ1n) is 6.09. The summed E-state index contributed by atoms with van der Waals surface area (Å²) in [6.07, 6.45) is -3.06. The number of halogens is 5. The first-order chi connectivity index (χ1) is 9.82. The summed E-state index contributed by atoms with van der Waals surface area (Å²) in [6, 6.07) is 5.14. The molecule has 3 nitrogen and oxygen atoms in total. The van der Waals surface area contributed by atoms with E-state index in [1.54, 1.807) is 12.1 Å². The molecule has 0 aliphatic carbocycles. The minimum Gasteiger partial charge on any atom is -0.249 e. The smallest absolute Gasteiger partial charge is 0.249 e. The van der Waals surface area contributed by atoms with Crippen molar-refractivity contribution in [3.63, 3.8) is 0 Å². The number of pyridine rings is 1. The highest BCUT2D eigenvalue weighted by Crippen LogP contribution is 2.38. The average molecular weight is 336 g/mol. The van der Waals surface area contributed by atoms with Crippen LogP contribution in [0.2, 0.25) is 10.3 Å². The molecule has 2 heterocycles. The molecule has 0 aliphatic heterocycles. The van der Waals surface area contributed by atoms with Crippen molar-refractivity contribution < 1.29 is 13.2 Å². The first-order valence-corrected chi connectivity index (χ1v) is 6.85. The Morgan fingerprint density at radius 3 is 2.19 bits per heavy atom. The molecule has 0 fully saturated rings. The molecule has 0 spiro atoms. The summed E-state index contributed by atoms with van der Waals surface area (Å²) in [5.41, 5.74) is -0.108. The van der Waals surface area contributed by atoms with Crippen LogP contribution < -0.4 is 0 Å². The van der Waals surface area contributed by atoms with Crippen molar-refractivity contribution >= 4 is 23.2 Å². The van der Waals surface area contributed by atoms with E-state index in [-0.39, 0.29) is 5.82 Å². The van der Waals surface area contributed by atoms with Gasteiger partial charge in [-0.3, -0.25) is 0 Å². The lowest BCUT2D eigenvalue weighted by Crippen LogP contribution is -2.10. The van der Waals surface area contributed by atoms with E-state index < -0.39 is 22.0 Å². The molecule has 0 amide bonds. The van der Waals surface area contributed by atoms with Crippen LogP contribution in [0.4, 0.5) is 13.2 Å². The summed E-state index contributed by atoms with van der Waals surface area (Å²) < 4.78 is 38.2. The first kappa shape index (κ1) is 16.0. The molecule has 2 rings (SSSR count). The Morgan fingerprint density at radius 2 is 1.67 bits per heavy atom. The molecule has 0 unspecified atom stereocenters. The van der Waals surface area contributed by atoms with Crippen LogP contribution in [0.1, 0.15) is 24.6 Å². The predicted molar refractivity (Wildman–Crippen MR) is 74.3 cm³/mol. The maximum absolute atomic E-state index is 12.7. The molecule has 2 aromatic rings. The van der Waals surface area contributed by atoms with Gasteiger partial charge in [0.15, 0.2) is 5.82 Å². The summed E-state index contributed by atoms with van der Waals surface area (Å²) in [7, 11) is 0. The van der Waals surface area contributed by atoms with Crippen LogP contribution in [0.15, 0.2) is 18.2 Å². The third kappa shape index (κ3) is 3.63. The zero-order valence-electron chi connectivity index (χ0n) is 10.9. The van der Waals surface area contributed by atoms with Crippen molar-refractivity contribution in [2.75, 3.05) is 0 Å². The Kier molecular flexibility index (Phi) is 4.68.